The first-order valence-electron chi connectivity index (χ1n) is 8.42. The summed E-state index contributed by atoms with van der Waals surface area (Å²) < 4.78 is 5.38. The number of rotatable bonds is 6. The third-order valence-corrected chi connectivity index (χ3v) is 3.79. The van der Waals surface area contributed by atoms with Gasteiger partial charge < -0.3 is 20.7 Å². The molecular formula is C18H29N3O2. The second-order valence-corrected chi connectivity index (χ2v) is 7.06. The minimum atomic E-state index is -0.494. The Morgan fingerprint density at radius 3 is 2.70 bits per heavy atom. The van der Waals surface area contributed by atoms with Gasteiger partial charge in [-0.2, -0.15) is 0 Å². The lowest BCUT2D eigenvalue weighted by Gasteiger charge is -2.24. The van der Waals surface area contributed by atoms with Crippen LogP contribution in [0.1, 0.15) is 45.2 Å². The molecule has 2 unspecified atom stereocenters. The van der Waals surface area contributed by atoms with Gasteiger partial charge in [0.15, 0.2) is 0 Å². The normalized spacial score (nSPS) is 19.3. The molecule has 1 amide bonds. The molecule has 0 bridgehead atoms. The van der Waals surface area contributed by atoms with E-state index in [2.05, 4.69) is 16.0 Å². The molecule has 3 N–H and O–H groups in total. The zero-order chi connectivity index (χ0) is 16.7. The average molecular weight is 319 g/mol. The number of carbonyl (C=O) groups excluding carboxylic acids is 1. The van der Waals surface area contributed by atoms with E-state index in [0.717, 1.165) is 18.7 Å². The first-order chi connectivity index (χ1) is 10.9. The molecule has 23 heavy (non-hydrogen) atoms. The van der Waals surface area contributed by atoms with Gasteiger partial charge in [0.25, 0.3) is 0 Å². The third kappa shape index (κ3) is 6.59. The molecule has 0 saturated carbocycles. The van der Waals surface area contributed by atoms with Crippen molar-refractivity contribution in [3.05, 3.63) is 35.9 Å². The monoisotopic (exact) mass is 319 g/mol. The van der Waals surface area contributed by atoms with Crippen molar-refractivity contribution in [1.29, 1.82) is 0 Å². The predicted molar refractivity (Wildman–Crippen MR) is 92.4 cm³/mol. The van der Waals surface area contributed by atoms with Gasteiger partial charge in [-0.1, -0.05) is 30.3 Å². The Morgan fingerprint density at radius 1 is 1.35 bits per heavy atom. The van der Waals surface area contributed by atoms with Gasteiger partial charge in [-0.25, -0.2) is 4.79 Å². The lowest BCUT2D eigenvalue weighted by atomic mass is 10.1. The van der Waals surface area contributed by atoms with Crippen molar-refractivity contribution in [2.24, 2.45) is 0 Å². The molecule has 0 aliphatic carbocycles. The Balaban J connectivity index is 1.90. The molecule has 0 radical (unpaired) electrons. The van der Waals surface area contributed by atoms with Crippen LogP contribution in [0.25, 0.3) is 0 Å². The fraction of sp³-hybridized carbons (Fsp3) is 0.611. The summed E-state index contributed by atoms with van der Waals surface area (Å²) in [5, 5.41) is 9.90. The summed E-state index contributed by atoms with van der Waals surface area (Å²) in [5.74, 6) is 0. The van der Waals surface area contributed by atoms with Gasteiger partial charge >= 0.3 is 6.09 Å². The molecular weight excluding hydrogens is 290 g/mol. The maximum absolute atomic E-state index is 12.1. The van der Waals surface area contributed by atoms with E-state index in [1.54, 1.807) is 0 Å². The van der Waals surface area contributed by atoms with Crippen LogP contribution in [0.4, 0.5) is 4.79 Å². The lowest BCUT2D eigenvalue weighted by molar-refractivity contribution is 0.0503. The van der Waals surface area contributed by atoms with Gasteiger partial charge in [-0.3, -0.25) is 0 Å². The SMILES string of the molecule is CC(C)(C)OC(=O)NC(CNCC1CCCN1)c1ccccc1. The molecule has 1 aliphatic heterocycles. The van der Waals surface area contributed by atoms with Crippen LogP contribution in [-0.2, 0) is 4.74 Å². The summed E-state index contributed by atoms with van der Waals surface area (Å²) in [5.41, 5.74) is 0.581. The van der Waals surface area contributed by atoms with Crippen molar-refractivity contribution >= 4 is 6.09 Å². The van der Waals surface area contributed by atoms with Crippen LogP contribution in [0, 0.1) is 0 Å². The first kappa shape index (κ1) is 17.8. The van der Waals surface area contributed by atoms with E-state index in [1.807, 2.05) is 51.1 Å². The fourth-order valence-electron chi connectivity index (χ4n) is 2.72. The van der Waals surface area contributed by atoms with Crippen LogP contribution in [0.2, 0.25) is 0 Å². The average Bonchev–Trinajstić information content (AvgIpc) is 2.98. The van der Waals surface area contributed by atoms with Crippen LogP contribution >= 0.6 is 0 Å². The number of alkyl carbamates (subject to hydrolysis) is 1. The Kier molecular flexibility index (Phi) is 6.42. The standard InChI is InChI=1S/C18H29N3O2/c1-18(2,3)23-17(22)21-16(14-8-5-4-6-9-14)13-19-12-15-10-7-11-20-15/h4-6,8-9,15-16,19-20H,7,10-13H2,1-3H3,(H,21,22). The Bertz CT molecular complexity index is 479. The molecule has 0 spiro atoms. The van der Waals surface area contributed by atoms with Gasteiger partial charge in [0, 0.05) is 19.1 Å². The summed E-state index contributed by atoms with van der Waals surface area (Å²) in [6, 6.07) is 10.4. The number of nitrogens with one attached hydrogen (secondary N) is 3. The highest BCUT2D eigenvalue weighted by atomic mass is 16.6. The number of hydrogen-bond acceptors (Lipinski definition) is 4. The smallest absolute Gasteiger partial charge is 0.408 e. The van der Waals surface area contributed by atoms with Crippen LogP contribution in [0.15, 0.2) is 30.3 Å². The van der Waals surface area contributed by atoms with E-state index in [0.29, 0.717) is 12.6 Å². The Morgan fingerprint density at radius 2 is 2.09 bits per heavy atom. The Labute approximate surface area is 139 Å². The highest BCUT2D eigenvalue weighted by molar-refractivity contribution is 5.68. The number of hydrogen-bond donors (Lipinski definition) is 3. The van der Waals surface area contributed by atoms with Crippen molar-refractivity contribution in [2.75, 3.05) is 19.6 Å². The van der Waals surface area contributed by atoms with Gasteiger partial charge in [0.05, 0.1) is 6.04 Å². The molecule has 128 valence electrons. The molecule has 1 fully saturated rings. The van der Waals surface area contributed by atoms with Gasteiger partial charge in [0.1, 0.15) is 5.60 Å². The van der Waals surface area contributed by atoms with Crippen LogP contribution < -0.4 is 16.0 Å². The zero-order valence-corrected chi connectivity index (χ0v) is 14.4. The minimum absolute atomic E-state index is 0.104. The molecule has 1 aromatic carbocycles. The number of ether oxygens (including phenoxy) is 1. The highest BCUT2D eigenvalue weighted by Crippen LogP contribution is 2.14. The molecule has 1 aliphatic rings. The van der Waals surface area contributed by atoms with E-state index in [1.165, 1.54) is 12.8 Å². The largest absolute Gasteiger partial charge is 0.444 e. The van der Waals surface area contributed by atoms with Gasteiger partial charge in [-0.05, 0) is 45.7 Å². The van der Waals surface area contributed by atoms with Crippen LogP contribution in [0.3, 0.4) is 0 Å². The molecule has 2 atom stereocenters. The van der Waals surface area contributed by atoms with E-state index < -0.39 is 5.60 Å². The van der Waals surface area contributed by atoms with Crippen molar-refractivity contribution in [1.82, 2.24) is 16.0 Å². The molecule has 5 nitrogen and oxygen atoms in total. The lowest BCUT2D eigenvalue weighted by Crippen LogP contribution is -2.41. The summed E-state index contributed by atoms with van der Waals surface area (Å²) >= 11 is 0. The first-order valence-corrected chi connectivity index (χ1v) is 8.42. The summed E-state index contributed by atoms with van der Waals surface area (Å²) in [6.45, 7) is 8.31. The second kappa shape index (κ2) is 8.31. The van der Waals surface area contributed by atoms with Crippen molar-refractivity contribution in [2.45, 2.75) is 51.3 Å². The quantitative estimate of drug-likeness (QED) is 0.754. The third-order valence-electron chi connectivity index (χ3n) is 3.79. The zero-order valence-electron chi connectivity index (χ0n) is 14.4. The summed E-state index contributed by atoms with van der Waals surface area (Å²) in [7, 11) is 0. The van der Waals surface area contributed by atoms with Crippen LogP contribution in [-0.4, -0.2) is 37.4 Å². The highest BCUT2D eigenvalue weighted by Gasteiger charge is 2.21. The maximum Gasteiger partial charge on any atom is 0.408 e. The van der Waals surface area contributed by atoms with Crippen LogP contribution in [0.5, 0.6) is 0 Å². The fourth-order valence-corrected chi connectivity index (χ4v) is 2.72. The molecule has 0 aromatic heterocycles. The molecule has 1 heterocycles. The number of carbonyl (C=O) groups is 1. The van der Waals surface area contributed by atoms with Crippen molar-refractivity contribution < 1.29 is 9.53 Å². The molecule has 2 rings (SSSR count). The predicted octanol–water partition coefficient (Wildman–Crippen LogP) is 2.59. The van der Waals surface area contributed by atoms with E-state index >= 15 is 0 Å². The summed E-state index contributed by atoms with van der Waals surface area (Å²) in [4.78, 5) is 12.1. The topological polar surface area (TPSA) is 62.4 Å². The molecule has 1 aromatic rings. The van der Waals surface area contributed by atoms with Gasteiger partial charge in [0.2, 0.25) is 0 Å². The maximum atomic E-state index is 12.1. The number of benzene rings is 1. The Hall–Kier alpha value is -1.59. The van der Waals surface area contributed by atoms with Crippen molar-refractivity contribution in [3.8, 4) is 0 Å². The number of amides is 1. The van der Waals surface area contributed by atoms with Gasteiger partial charge in [-0.15, -0.1) is 0 Å². The molecule has 1 saturated heterocycles. The molecule has 5 heteroatoms. The minimum Gasteiger partial charge on any atom is -0.444 e. The second-order valence-electron chi connectivity index (χ2n) is 7.06. The van der Waals surface area contributed by atoms with Crippen molar-refractivity contribution in [3.63, 3.8) is 0 Å². The summed E-state index contributed by atoms with van der Waals surface area (Å²) in [6.07, 6.45) is 2.07. The van der Waals surface area contributed by atoms with E-state index in [-0.39, 0.29) is 12.1 Å². The van der Waals surface area contributed by atoms with E-state index in [4.69, 9.17) is 4.74 Å². The van der Waals surface area contributed by atoms with E-state index in [9.17, 15) is 4.79 Å².